The molecule has 3 rings (SSSR count). The Morgan fingerprint density at radius 3 is 2.46 bits per heavy atom. The number of amides is 2. The Bertz CT molecular complexity index is 667. The molecule has 1 fully saturated rings. The molecule has 1 atom stereocenters. The van der Waals surface area contributed by atoms with Crippen LogP contribution in [0.3, 0.4) is 0 Å². The molecule has 5 heteroatoms. The lowest BCUT2D eigenvalue weighted by molar-refractivity contribution is -0.140. The lowest BCUT2D eigenvalue weighted by Gasteiger charge is -2.29. The molecule has 0 aliphatic heterocycles. The molecule has 2 aliphatic rings. The molecular weight excluding hydrogens is 328 g/mol. The molecule has 26 heavy (non-hydrogen) atoms. The number of benzene rings is 1. The van der Waals surface area contributed by atoms with Crippen LogP contribution < -0.4 is 10.6 Å². The Balaban J connectivity index is 1.47. The number of carbonyl (C=O) groups excluding carboxylic acids is 2. The number of hydrogen-bond donors (Lipinski definition) is 3. The molecular formula is C21H28N2O3. The molecule has 0 bridgehead atoms. The molecule has 0 saturated heterocycles. The first-order valence-corrected chi connectivity index (χ1v) is 9.61. The predicted octanol–water partition coefficient (Wildman–Crippen LogP) is 2.41. The van der Waals surface area contributed by atoms with E-state index in [2.05, 4.69) is 16.7 Å². The van der Waals surface area contributed by atoms with Gasteiger partial charge in [-0.15, -0.1) is 0 Å². The number of rotatable bonds is 7. The summed E-state index contributed by atoms with van der Waals surface area (Å²) in [7, 11) is 0. The maximum absolute atomic E-state index is 12.1. The minimum atomic E-state index is -1.11. The van der Waals surface area contributed by atoms with Gasteiger partial charge in [-0.1, -0.05) is 42.0 Å². The van der Waals surface area contributed by atoms with Gasteiger partial charge in [-0.05, 0) is 56.4 Å². The van der Waals surface area contributed by atoms with Crippen LogP contribution in [0.5, 0.6) is 0 Å². The standard InChI is InChI=1S/C21H28N2O3/c24-19(22-14-13-16-7-3-1-4-8-16)20(25)23-15-21(26,18-11-12-18)17-9-5-2-6-10-17/h2,5-7,9-10,18,26H,1,3-4,8,11-15H2,(H,22,24)(H,23,25)/t21-/m1/s1. The molecule has 2 aliphatic carbocycles. The van der Waals surface area contributed by atoms with Crippen molar-refractivity contribution in [2.24, 2.45) is 5.92 Å². The number of carbonyl (C=O) groups is 2. The van der Waals surface area contributed by atoms with Crippen LogP contribution in [-0.4, -0.2) is 30.0 Å². The van der Waals surface area contributed by atoms with E-state index >= 15 is 0 Å². The van der Waals surface area contributed by atoms with Crippen molar-refractivity contribution >= 4 is 11.8 Å². The van der Waals surface area contributed by atoms with E-state index < -0.39 is 17.4 Å². The molecule has 1 aromatic carbocycles. The van der Waals surface area contributed by atoms with E-state index in [1.165, 1.54) is 18.4 Å². The molecule has 0 radical (unpaired) electrons. The van der Waals surface area contributed by atoms with Crippen molar-refractivity contribution in [1.82, 2.24) is 10.6 Å². The highest BCUT2D eigenvalue weighted by molar-refractivity contribution is 6.35. The number of nitrogens with one attached hydrogen (secondary N) is 2. The Kier molecular flexibility index (Phi) is 6.09. The Morgan fingerprint density at radius 1 is 1.08 bits per heavy atom. The van der Waals surface area contributed by atoms with Crippen LogP contribution in [0.15, 0.2) is 42.0 Å². The molecule has 3 N–H and O–H groups in total. The van der Waals surface area contributed by atoms with Crippen LogP contribution in [0, 0.1) is 5.92 Å². The van der Waals surface area contributed by atoms with Gasteiger partial charge >= 0.3 is 11.8 Å². The molecule has 1 aromatic rings. The first-order chi connectivity index (χ1) is 12.6. The zero-order valence-corrected chi connectivity index (χ0v) is 15.2. The number of aliphatic hydroxyl groups is 1. The maximum atomic E-state index is 12.1. The zero-order valence-electron chi connectivity index (χ0n) is 15.2. The third-order valence-corrected chi connectivity index (χ3v) is 5.37. The van der Waals surface area contributed by atoms with Gasteiger partial charge in [0, 0.05) is 6.54 Å². The summed E-state index contributed by atoms with van der Waals surface area (Å²) in [6.45, 7) is 0.531. The van der Waals surface area contributed by atoms with E-state index in [-0.39, 0.29) is 12.5 Å². The summed E-state index contributed by atoms with van der Waals surface area (Å²) in [5, 5.41) is 16.3. The summed E-state index contributed by atoms with van der Waals surface area (Å²) in [5.41, 5.74) is 1.04. The van der Waals surface area contributed by atoms with Crippen molar-refractivity contribution < 1.29 is 14.7 Å². The third kappa shape index (κ3) is 4.73. The van der Waals surface area contributed by atoms with Gasteiger partial charge in [-0.25, -0.2) is 0 Å². The fraction of sp³-hybridized carbons (Fsp3) is 0.524. The van der Waals surface area contributed by atoms with Crippen LogP contribution in [0.2, 0.25) is 0 Å². The van der Waals surface area contributed by atoms with E-state index in [0.29, 0.717) is 6.54 Å². The van der Waals surface area contributed by atoms with E-state index in [1.807, 2.05) is 30.3 Å². The lowest BCUT2D eigenvalue weighted by Crippen LogP contribution is -2.47. The van der Waals surface area contributed by atoms with Crippen molar-refractivity contribution in [3.63, 3.8) is 0 Å². The first-order valence-electron chi connectivity index (χ1n) is 9.61. The van der Waals surface area contributed by atoms with Crippen LogP contribution >= 0.6 is 0 Å². The van der Waals surface area contributed by atoms with E-state index in [4.69, 9.17) is 0 Å². The second-order valence-corrected chi connectivity index (χ2v) is 7.36. The molecule has 2 amide bonds. The third-order valence-electron chi connectivity index (χ3n) is 5.37. The molecule has 0 spiro atoms. The second-order valence-electron chi connectivity index (χ2n) is 7.36. The molecule has 1 saturated carbocycles. The highest BCUT2D eigenvalue weighted by Gasteiger charge is 2.45. The summed E-state index contributed by atoms with van der Waals surface area (Å²) >= 11 is 0. The van der Waals surface area contributed by atoms with Gasteiger partial charge in [0.15, 0.2) is 0 Å². The Hall–Kier alpha value is -2.14. The van der Waals surface area contributed by atoms with Gasteiger partial charge < -0.3 is 15.7 Å². The van der Waals surface area contributed by atoms with Crippen molar-refractivity contribution in [2.75, 3.05) is 13.1 Å². The van der Waals surface area contributed by atoms with Crippen molar-refractivity contribution in [1.29, 1.82) is 0 Å². The summed E-state index contributed by atoms with van der Waals surface area (Å²) < 4.78 is 0. The summed E-state index contributed by atoms with van der Waals surface area (Å²) in [5.74, 6) is -1.18. The largest absolute Gasteiger partial charge is 0.383 e. The average molecular weight is 356 g/mol. The monoisotopic (exact) mass is 356 g/mol. The number of allylic oxidation sites excluding steroid dienone is 1. The van der Waals surface area contributed by atoms with Gasteiger partial charge in [0.1, 0.15) is 5.60 Å². The summed E-state index contributed by atoms with van der Waals surface area (Å²) in [4.78, 5) is 24.1. The fourth-order valence-corrected chi connectivity index (χ4v) is 3.61. The van der Waals surface area contributed by atoms with Gasteiger partial charge in [0.2, 0.25) is 0 Å². The second kappa shape index (κ2) is 8.49. The minimum Gasteiger partial charge on any atom is -0.383 e. The van der Waals surface area contributed by atoms with E-state index in [1.54, 1.807) is 0 Å². The quantitative estimate of drug-likeness (QED) is 0.518. The lowest BCUT2D eigenvalue weighted by atomic mass is 9.88. The van der Waals surface area contributed by atoms with Crippen LogP contribution in [0.1, 0.15) is 50.5 Å². The molecule has 0 aromatic heterocycles. The van der Waals surface area contributed by atoms with Crippen molar-refractivity contribution in [2.45, 2.75) is 50.5 Å². The molecule has 0 unspecified atom stereocenters. The van der Waals surface area contributed by atoms with Gasteiger partial charge in [-0.2, -0.15) is 0 Å². The van der Waals surface area contributed by atoms with Crippen molar-refractivity contribution in [3.05, 3.63) is 47.5 Å². The van der Waals surface area contributed by atoms with Gasteiger partial charge in [0.25, 0.3) is 0 Å². The van der Waals surface area contributed by atoms with Crippen molar-refractivity contribution in [3.8, 4) is 0 Å². The summed E-state index contributed by atoms with van der Waals surface area (Å²) in [6.07, 6.45) is 9.56. The predicted molar refractivity (Wildman–Crippen MR) is 100 cm³/mol. The Morgan fingerprint density at radius 2 is 1.81 bits per heavy atom. The highest BCUT2D eigenvalue weighted by Crippen LogP contribution is 2.45. The molecule has 140 valence electrons. The van der Waals surface area contributed by atoms with Gasteiger partial charge in [0.05, 0.1) is 6.54 Å². The number of hydrogen-bond acceptors (Lipinski definition) is 3. The average Bonchev–Trinajstić information content (AvgIpc) is 3.53. The topological polar surface area (TPSA) is 78.4 Å². The molecule has 0 heterocycles. The van der Waals surface area contributed by atoms with Crippen LogP contribution in [0.4, 0.5) is 0 Å². The van der Waals surface area contributed by atoms with E-state index in [9.17, 15) is 14.7 Å². The molecule has 5 nitrogen and oxygen atoms in total. The smallest absolute Gasteiger partial charge is 0.309 e. The van der Waals surface area contributed by atoms with E-state index in [0.717, 1.165) is 37.7 Å². The first kappa shape index (κ1) is 18.6. The van der Waals surface area contributed by atoms with Crippen LogP contribution in [0.25, 0.3) is 0 Å². The zero-order chi connectivity index (χ0) is 18.4. The van der Waals surface area contributed by atoms with Gasteiger partial charge in [-0.3, -0.25) is 9.59 Å². The fourth-order valence-electron chi connectivity index (χ4n) is 3.61. The Labute approximate surface area is 154 Å². The highest BCUT2D eigenvalue weighted by atomic mass is 16.3. The van der Waals surface area contributed by atoms with Crippen LogP contribution in [-0.2, 0) is 15.2 Å². The maximum Gasteiger partial charge on any atom is 0.309 e. The normalized spacial score (nSPS) is 19.2. The summed E-state index contributed by atoms with van der Waals surface area (Å²) in [6, 6.07) is 9.36. The minimum absolute atomic E-state index is 0.0546. The SMILES string of the molecule is O=C(NCCC1=CCCCC1)C(=O)NC[C@@](O)(c1ccccc1)C1CC1.